The van der Waals surface area contributed by atoms with Crippen molar-refractivity contribution in [2.24, 2.45) is 5.73 Å². The van der Waals surface area contributed by atoms with Crippen LogP contribution in [0.25, 0.3) is 0 Å². The minimum Gasteiger partial charge on any atom is -0.330 e. The van der Waals surface area contributed by atoms with E-state index < -0.39 is 5.67 Å². The van der Waals surface area contributed by atoms with E-state index in [1.54, 1.807) is 0 Å². The number of hydrogen-bond donors (Lipinski definition) is 1. The van der Waals surface area contributed by atoms with Gasteiger partial charge >= 0.3 is 0 Å². The molecule has 0 atom stereocenters. The lowest BCUT2D eigenvalue weighted by molar-refractivity contribution is 0.0599. The summed E-state index contributed by atoms with van der Waals surface area (Å²) in [7, 11) is 0. The smallest absolute Gasteiger partial charge is 0.136 e. The number of halogens is 1. The molecule has 15 heavy (non-hydrogen) atoms. The van der Waals surface area contributed by atoms with Crippen LogP contribution in [0.5, 0.6) is 0 Å². The predicted molar refractivity (Wildman–Crippen MR) is 60.5 cm³/mol. The molecule has 0 radical (unpaired) electrons. The van der Waals surface area contributed by atoms with E-state index in [2.05, 4.69) is 0 Å². The minimum atomic E-state index is -1.04. The van der Waals surface area contributed by atoms with Gasteiger partial charge in [0.2, 0.25) is 0 Å². The van der Waals surface area contributed by atoms with Crippen LogP contribution in [-0.2, 0) is 12.1 Å². The summed E-state index contributed by atoms with van der Waals surface area (Å²) >= 11 is 0. The number of nitrogens with two attached hydrogens (primary N) is 1. The third-order valence-electron chi connectivity index (χ3n) is 3.30. The van der Waals surface area contributed by atoms with Gasteiger partial charge in [0.05, 0.1) is 0 Å². The van der Waals surface area contributed by atoms with Crippen molar-refractivity contribution in [1.82, 2.24) is 0 Å². The maximum Gasteiger partial charge on any atom is 0.136 e. The lowest BCUT2D eigenvalue weighted by atomic mass is 9.74. The number of hydrogen-bond acceptors (Lipinski definition) is 1. The lowest BCUT2D eigenvalue weighted by Gasteiger charge is -2.35. The van der Waals surface area contributed by atoms with E-state index >= 15 is 0 Å². The number of aryl methyl sites for hydroxylation is 1. The van der Waals surface area contributed by atoms with Crippen LogP contribution in [0.1, 0.15) is 36.8 Å². The number of benzene rings is 1. The molecule has 0 bridgehead atoms. The molecule has 1 nitrogen and oxygen atoms in total. The molecule has 1 aromatic carbocycles. The van der Waals surface area contributed by atoms with Crippen LogP contribution in [0.15, 0.2) is 24.3 Å². The fourth-order valence-electron chi connectivity index (χ4n) is 2.22. The normalized spacial score (nSPS) is 18.5. The molecule has 1 saturated carbocycles. The molecule has 82 valence electrons. The SMILES string of the molecule is NCCCc1ccccc1C1(F)CCC1. The van der Waals surface area contributed by atoms with Gasteiger partial charge in [0.1, 0.15) is 5.67 Å². The second-order valence-corrected chi connectivity index (χ2v) is 4.37. The van der Waals surface area contributed by atoms with E-state index in [4.69, 9.17) is 5.73 Å². The van der Waals surface area contributed by atoms with Gasteiger partial charge in [0, 0.05) is 0 Å². The molecule has 2 N–H and O–H groups in total. The quantitative estimate of drug-likeness (QED) is 0.807. The Hall–Kier alpha value is -0.890. The second-order valence-electron chi connectivity index (χ2n) is 4.37. The van der Waals surface area contributed by atoms with Crippen molar-refractivity contribution in [3.8, 4) is 0 Å². The van der Waals surface area contributed by atoms with Gasteiger partial charge in [-0.1, -0.05) is 24.3 Å². The van der Waals surface area contributed by atoms with E-state index in [0.29, 0.717) is 19.4 Å². The van der Waals surface area contributed by atoms with Crippen LogP contribution in [0.2, 0.25) is 0 Å². The Morgan fingerprint density at radius 2 is 2.00 bits per heavy atom. The van der Waals surface area contributed by atoms with Crippen molar-refractivity contribution in [2.75, 3.05) is 6.54 Å². The highest BCUT2D eigenvalue weighted by atomic mass is 19.1. The summed E-state index contributed by atoms with van der Waals surface area (Å²) in [6.07, 6.45) is 4.23. The predicted octanol–water partition coefficient (Wildman–Crippen LogP) is 2.93. The highest BCUT2D eigenvalue weighted by molar-refractivity contribution is 5.34. The summed E-state index contributed by atoms with van der Waals surface area (Å²) in [5.74, 6) is 0. The van der Waals surface area contributed by atoms with E-state index in [9.17, 15) is 4.39 Å². The van der Waals surface area contributed by atoms with Gasteiger partial charge in [-0.25, -0.2) is 4.39 Å². The molecule has 2 heteroatoms. The van der Waals surface area contributed by atoms with Crippen molar-refractivity contribution in [3.63, 3.8) is 0 Å². The molecule has 1 aromatic rings. The summed E-state index contributed by atoms with van der Waals surface area (Å²) in [4.78, 5) is 0. The first-order valence-corrected chi connectivity index (χ1v) is 5.74. The van der Waals surface area contributed by atoms with Crippen LogP contribution >= 0.6 is 0 Å². The molecular weight excluding hydrogens is 189 g/mol. The van der Waals surface area contributed by atoms with Gasteiger partial charge in [-0.15, -0.1) is 0 Å². The van der Waals surface area contributed by atoms with Crippen LogP contribution in [-0.4, -0.2) is 6.54 Å². The third kappa shape index (κ3) is 2.05. The van der Waals surface area contributed by atoms with Gasteiger partial charge < -0.3 is 5.73 Å². The van der Waals surface area contributed by atoms with E-state index in [1.807, 2.05) is 24.3 Å². The first-order valence-electron chi connectivity index (χ1n) is 5.74. The topological polar surface area (TPSA) is 26.0 Å². The molecule has 1 aliphatic rings. The summed E-state index contributed by atoms with van der Waals surface area (Å²) in [5.41, 5.74) is 6.50. The average Bonchev–Trinajstić information content (AvgIpc) is 2.23. The van der Waals surface area contributed by atoms with Gasteiger partial charge in [-0.05, 0) is 49.8 Å². The maximum absolute atomic E-state index is 14.3. The van der Waals surface area contributed by atoms with Gasteiger partial charge in [0.25, 0.3) is 0 Å². The Morgan fingerprint density at radius 1 is 1.27 bits per heavy atom. The molecule has 1 aliphatic carbocycles. The zero-order valence-corrected chi connectivity index (χ0v) is 9.01. The average molecular weight is 207 g/mol. The van der Waals surface area contributed by atoms with Crippen molar-refractivity contribution >= 4 is 0 Å². The molecular formula is C13H18FN. The van der Waals surface area contributed by atoms with Crippen LogP contribution < -0.4 is 5.73 Å². The van der Waals surface area contributed by atoms with Crippen molar-refractivity contribution in [3.05, 3.63) is 35.4 Å². The van der Waals surface area contributed by atoms with E-state index in [-0.39, 0.29) is 0 Å². The summed E-state index contributed by atoms with van der Waals surface area (Å²) in [5, 5.41) is 0. The maximum atomic E-state index is 14.3. The molecule has 0 saturated heterocycles. The zero-order valence-electron chi connectivity index (χ0n) is 9.01. The first kappa shape index (κ1) is 10.6. The van der Waals surface area contributed by atoms with Crippen molar-refractivity contribution < 1.29 is 4.39 Å². The fourth-order valence-corrected chi connectivity index (χ4v) is 2.22. The van der Waals surface area contributed by atoms with Gasteiger partial charge in [-0.2, -0.15) is 0 Å². The zero-order chi connectivity index (χ0) is 10.7. The second kappa shape index (κ2) is 4.31. The molecule has 0 unspecified atom stereocenters. The lowest BCUT2D eigenvalue weighted by Crippen LogP contribution is -2.30. The van der Waals surface area contributed by atoms with Crippen molar-refractivity contribution in [1.29, 1.82) is 0 Å². The first-order chi connectivity index (χ1) is 7.26. The molecule has 1 fully saturated rings. The highest BCUT2D eigenvalue weighted by Gasteiger charge is 2.39. The summed E-state index contributed by atoms with van der Waals surface area (Å²) in [6.45, 7) is 0.674. The van der Waals surface area contributed by atoms with Gasteiger partial charge in [-0.3, -0.25) is 0 Å². The molecule has 0 aliphatic heterocycles. The summed E-state index contributed by atoms with van der Waals surface area (Å²) < 4.78 is 14.3. The Morgan fingerprint density at radius 3 is 2.60 bits per heavy atom. The van der Waals surface area contributed by atoms with Gasteiger partial charge in [0.15, 0.2) is 0 Å². The standard InChI is InChI=1S/C13H18FN/c14-13(8-4-9-13)12-7-2-1-5-11(12)6-3-10-15/h1-2,5,7H,3-4,6,8-10,15H2. The Bertz CT molecular complexity index is 331. The molecule has 0 spiro atoms. The van der Waals surface area contributed by atoms with E-state index in [1.165, 1.54) is 0 Å². The fraction of sp³-hybridized carbons (Fsp3) is 0.538. The number of alkyl halides is 1. The largest absolute Gasteiger partial charge is 0.330 e. The molecule has 0 aromatic heterocycles. The molecule has 2 rings (SSSR count). The Balaban J connectivity index is 2.21. The Kier molecular flexibility index (Phi) is 3.06. The van der Waals surface area contributed by atoms with Crippen LogP contribution in [0.3, 0.4) is 0 Å². The summed E-state index contributed by atoms with van der Waals surface area (Å²) in [6, 6.07) is 7.88. The highest BCUT2D eigenvalue weighted by Crippen LogP contribution is 2.46. The van der Waals surface area contributed by atoms with E-state index in [0.717, 1.165) is 30.4 Å². The molecule has 0 heterocycles. The monoisotopic (exact) mass is 207 g/mol. The van der Waals surface area contributed by atoms with Crippen LogP contribution in [0.4, 0.5) is 4.39 Å². The Labute approximate surface area is 90.5 Å². The third-order valence-corrected chi connectivity index (χ3v) is 3.30. The van der Waals surface area contributed by atoms with Crippen molar-refractivity contribution in [2.45, 2.75) is 37.8 Å². The minimum absolute atomic E-state index is 0.674. The number of rotatable bonds is 4. The molecule has 0 amide bonds. The van der Waals surface area contributed by atoms with Crippen LogP contribution in [0, 0.1) is 0 Å².